The SMILES string of the molecule is COC(=O)C(CO)NC(=O)c1cnc2n(c1=O)CCS2. The number of esters is 1. The molecule has 0 aliphatic carbocycles. The molecule has 2 rings (SSSR count). The summed E-state index contributed by atoms with van der Waals surface area (Å²) in [5.74, 6) is -0.820. The Labute approximate surface area is 118 Å². The highest BCUT2D eigenvalue weighted by molar-refractivity contribution is 7.99. The summed E-state index contributed by atoms with van der Waals surface area (Å²) < 4.78 is 5.84. The van der Waals surface area contributed by atoms with Crippen LogP contribution in [0, 0.1) is 0 Å². The molecule has 1 atom stereocenters. The van der Waals surface area contributed by atoms with Crippen LogP contribution < -0.4 is 10.9 Å². The lowest BCUT2D eigenvalue weighted by Gasteiger charge is -2.13. The number of carbonyl (C=O) groups is 2. The largest absolute Gasteiger partial charge is 0.467 e. The Morgan fingerprint density at radius 3 is 3.05 bits per heavy atom. The number of nitrogens with one attached hydrogen (secondary N) is 1. The lowest BCUT2D eigenvalue weighted by Crippen LogP contribution is -2.46. The van der Waals surface area contributed by atoms with Gasteiger partial charge in [-0.15, -0.1) is 0 Å². The predicted molar refractivity (Wildman–Crippen MR) is 69.6 cm³/mol. The van der Waals surface area contributed by atoms with Crippen LogP contribution in [0.15, 0.2) is 16.1 Å². The molecule has 1 aromatic rings. The number of thioether (sulfide) groups is 1. The van der Waals surface area contributed by atoms with Crippen LogP contribution in [0.3, 0.4) is 0 Å². The summed E-state index contributed by atoms with van der Waals surface area (Å²) in [6.07, 6.45) is 1.17. The van der Waals surface area contributed by atoms with Gasteiger partial charge in [0.25, 0.3) is 11.5 Å². The molecule has 0 saturated heterocycles. The first-order valence-corrected chi connectivity index (χ1v) is 6.79. The summed E-state index contributed by atoms with van der Waals surface area (Å²) in [6, 6.07) is -1.21. The second-order valence-electron chi connectivity index (χ2n) is 3.99. The minimum absolute atomic E-state index is 0.168. The second-order valence-corrected chi connectivity index (χ2v) is 5.05. The molecule has 0 aromatic carbocycles. The molecule has 20 heavy (non-hydrogen) atoms. The molecule has 1 aromatic heterocycles. The van der Waals surface area contributed by atoms with Crippen LogP contribution >= 0.6 is 11.8 Å². The van der Waals surface area contributed by atoms with E-state index in [0.29, 0.717) is 11.7 Å². The van der Waals surface area contributed by atoms with Crippen LogP contribution in [0.4, 0.5) is 0 Å². The smallest absolute Gasteiger partial charge is 0.330 e. The van der Waals surface area contributed by atoms with Gasteiger partial charge in [-0.3, -0.25) is 14.2 Å². The molecule has 0 fully saturated rings. The van der Waals surface area contributed by atoms with E-state index in [-0.39, 0.29) is 5.56 Å². The summed E-state index contributed by atoms with van der Waals surface area (Å²) >= 11 is 1.44. The van der Waals surface area contributed by atoms with E-state index < -0.39 is 30.1 Å². The fraction of sp³-hybridized carbons (Fsp3) is 0.455. The van der Waals surface area contributed by atoms with E-state index in [0.717, 1.165) is 12.9 Å². The molecule has 2 N–H and O–H groups in total. The van der Waals surface area contributed by atoms with Crippen molar-refractivity contribution >= 4 is 23.6 Å². The van der Waals surface area contributed by atoms with Crippen LogP contribution in [-0.2, 0) is 16.1 Å². The van der Waals surface area contributed by atoms with Crippen molar-refractivity contribution in [2.45, 2.75) is 17.7 Å². The van der Waals surface area contributed by atoms with Crippen molar-refractivity contribution in [1.29, 1.82) is 0 Å². The molecule has 108 valence electrons. The third-order valence-corrected chi connectivity index (χ3v) is 3.75. The molecule has 9 heteroatoms. The molecular formula is C11H13N3O5S. The van der Waals surface area contributed by atoms with E-state index in [9.17, 15) is 14.4 Å². The molecule has 1 aliphatic heterocycles. The van der Waals surface area contributed by atoms with Crippen LogP contribution in [0.1, 0.15) is 10.4 Å². The number of rotatable bonds is 4. The lowest BCUT2D eigenvalue weighted by atomic mass is 10.2. The number of carbonyl (C=O) groups excluding carboxylic acids is 2. The fourth-order valence-corrected chi connectivity index (χ4v) is 2.64. The van der Waals surface area contributed by atoms with Gasteiger partial charge in [-0.2, -0.15) is 0 Å². The molecule has 0 radical (unpaired) electrons. The molecule has 1 aliphatic rings. The lowest BCUT2D eigenvalue weighted by molar-refractivity contribution is -0.143. The zero-order valence-electron chi connectivity index (χ0n) is 10.7. The van der Waals surface area contributed by atoms with E-state index in [1.54, 1.807) is 0 Å². The molecule has 0 spiro atoms. The van der Waals surface area contributed by atoms with E-state index in [2.05, 4.69) is 15.0 Å². The summed E-state index contributed by atoms with van der Waals surface area (Å²) in [5.41, 5.74) is -0.627. The fourth-order valence-electron chi connectivity index (χ4n) is 1.73. The van der Waals surface area contributed by atoms with Gasteiger partial charge in [-0.25, -0.2) is 9.78 Å². The molecule has 1 unspecified atom stereocenters. The number of aromatic nitrogens is 2. The molecule has 8 nitrogen and oxygen atoms in total. The molecule has 0 saturated carbocycles. The minimum Gasteiger partial charge on any atom is -0.467 e. The van der Waals surface area contributed by atoms with Crippen LogP contribution in [0.5, 0.6) is 0 Å². The second kappa shape index (κ2) is 6.06. The number of hydrogen-bond donors (Lipinski definition) is 2. The summed E-state index contributed by atoms with van der Waals surface area (Å²) in [4.78, 5) is 39.4. The average molecular weight is 299 g/mol. The Kier molecular flexibility index (Phi) is 4.40. The Morgan fingerprint density at radius 2 is 2.40 bits per heavy atom. The molecule has 2 heterocycles. The van der Waals surface area contributed by atoms with Crippen LogP contribution in [0.2, 0.25) is 0 Å². The molecule has 1 amide bonds. The number of amides is 1. The topological polar surface area (TPSA) is 111 Å². The number of hydrogen-bond acceptors (Lipinski definition) is 7. The van der Waals surface area contributed by atoms with E-state index in [1.807, 2.05) is 0 Å². The van der Waals surface area contributed by atoms with E-state index in [4.69, 9.17) is 5.11 Å². The van der Waals surface area contributed by atoms with Crippen molar-refractivity contribution in [3.8, 4) is 0 Å². The van der Waals surface area contributed by atoms with Crippen molar-refractivity contribution in [2.24, 2.45) is 0 Å². The molecule has 0 bridgehead atoms. The van der Waals surface area contributed by atoms with Gasteiger partial charge in [0.15, 0.2) is 11.2 Å². The van der Waals surface area contributed by atoms with Gasteiger partial charge in [0, 0.05) is 18.5 Å². The Bertz CT molecular complexity index is 600. The third kappa shape index (κ3) is 2.68. The van der Waals surface area contributed by atoms with Gasteiger partial charge in [-0.05, 0) is 0 Å². The standard InChI is InChI=1S/C11H13N3O5S/c1-19-10(18)7(5-15)13-8(16)6-4-12-11-14(9(6)17)2-3-20-11/h4,7,15H,2-3,5H2,1H3,(H,13,16). The van der Waals surface area contributed by atoms with E-state index in [1.165, 1.54) is 22.5 Å². The predicted octanol–water partition coefficient (Wildman–Crippen LogP) is -1.39. The number of aliphatic hydroxyl groups excluding tert-OH is 1. The number of aliphatic hydroxyl groups is 1. The van der Waals surface area contributed by atoms with Gasteiger partial charge in [0.2, 0.25) is 0 Å². The number of nitrogens with zero attached hydrogens (tertiary/aromatic N) is 2. The Balaban J connectivity index is 2.22. The summed E-state index contributed by atoms with van der Waals surface area (Å²) in [5, 5.41) is 11.8. The maximum Gasteiger partial charge on any atom is 0.330 e. The van der Waals surface area contributed by atoms with E-state index >= 15 is 0 Å². The highest BCUT2D eigenvalue weighted by Crippen LogP contribution is 2.20. The first-order chi connectivity index (χ1) is 9.58. The maximum absolute atomic E-state index is 12.1. The van der Waals surface area contributed by atoms with Crippen molar-refractivity contribution in [2.75, 3.05) is 19.5 Å². The van der Waals surface area contributed by atoms with Gasteiger partial charge in [0.05, 0.1) is 13.7 Å². The first kappa shape index (κ1) is 14.5. The monoisotopic (exact) mass is 299 g/mol. The average Bonchev–Trinajstić information content (AvgIpc) is 2.93. The normalized spacial score (nSPS) is 14.5. The zero-order valence-corrected chi connectivity index (χ0v) is 11.5. The summed E-state index contributed by atoms with van der Waals surface area (Å²) in [6.45, 7) is -0.124. The minimum atomic E-state index is -1.21. The number of methoxy groups -OCH3 is 1. The van der Waals surface area contributed by atoms with Gasteiger partial charge in [-0.1, -0.05) is 11.8 Å². The first-order valence-electron chi connectivity index (χ1n) is 5.80. The zero-order chi connectivity index (χ0) is 14.7. The van der Waals surface area contributed by atoms with Gasteiger partial charge in [0.1, 0.15) is 5.56 Å². The highest BCUT2D eigenvalue weighted by atomic mass is 32.2. The number of ether oxygens (including phenoxy) is 1. The van der Waals surface area contributed by atoms with Crippen LogP contribution in [0.25, 0.3) is 0 Å². The Morgan fingerprint density at radius 1 is 1.65 bits per heavy atom. The quantitative estimate of drug-likeness (QED) is 0.520. The van der Waals surface area contributed by atoms with Crippen molar-refractivity contribution in [1.82, 2.24) is 14.9 Å². The van der Waals surface area contributed by atoms with Crippen molar-refractivity contribution in [3.05, 3.63) is 22.1 Å². The number of fused-ring (bicyclic) bond motifs is 1. The molecular weight excluding hydrogens is 286 g/mol. The summed E-state index contributed by atoms with van der Waals surface area (Å²) in [7, 11) is 1.14. The van der Waals surface area contributed by atoms with Gasteiger partial charge >= 0.3 is 5.97 Å². The third-order valence-electron chi connectivity index (χ3n) is 2.77. The van der Waals surface area contributed by atoms with Gasteiger partial charge < -0.3 is 15.2 Å². The highest BCUT2D eigenvalue weighted by Gasteiger charge is 2.25. The van der Waals surface area contributed by atoms with Crippen molar-refractivity contribution in [3.63, 3.8) is 0 Å². The van der Waals surface area contributed by atoms with Crippen LogP contribution in [-0.4, -0.2) is 52.0 Å². The maximum atomic E-state index is 12.1. The Hall–Kier alpha value is -1.87. The van der Waals surface area contributed by atoms with Crippen molar-refractivity contribution < 1.29 is 19.4 Å².